The molecule has 0 unspecified atom stereocenters. The minimum Gasteiger partial charge on any atom is -0.493 e. The molecule has 0 bridgehead atoms. The molecule has 0 aromatic heterocycles. The second kappa shape index (κ2) is 11.5. The summed E-state index contributed by atoms with van der Waals surface area (Å²) < 4.78 is 16.1. The van der Waals surface area contributed by atoms with Gasteiger partial charge in [-0.1, -0.05) is 12.1 Å². The van der Waals surface area contributed by atoms with E-state index in [-0.39, 0.29) is 18.2 Å². The Morgan fingerprint density at radius 3 is 2.86 bits per heavy atom. The third-order valence-electron chi connectivity index (χ3n) is 4.67. The summed E-state index contributed by atoms with van der Waals surface area (Å²) in [5.41, 5.74) is 0.915. The van der Waals surface area contributed by atoms with Gasteiger partial charge in [-0.25, -0.2) is 0 Å². The highest BCUT2D eigenvalue weighted by Crippen LogP contribution is 2.32. The minimum absolute atomic E-state index is 0.118. The summed E-state index contributed by atoms with van der Waals surface area (Å²) in [6, 6.07) is 5.15. The first-order valence-electron chi connectivity index (χ1n) is 9.66. The Morgan fingerprint density at radius 2 is 2.14 bits per heavy atom. The van der Waals surface area contributed by atoms with Crippen LogP contribution in [0.5, 0.6) is 11.5 Å². The van der Waals surface area contributed by atoms with Crippen molar-refractivity contribution in [1.82, 2.24) is 15.5 Å². The predicted molar refractivity (Wildman–Crippen MR) is 105 cm³/mol. The van der Waals surface area contributed by atoms with Gasteiger partial charge in [-0.05, 0) is 19.4 Å². The lowest BCUT2D eigenvalue weighted by Gasteiger charge is -2.35. The molecule has 0 saturated carbocycles. The molecule has 28 heavy (non-hydrogen) atoms. The largest absolute Gasteiger partial charge is 0.493 e. The molecular formula is C20H31N3O5. The Hall–Kier alpha value is -2.32. The molecule has 1 fully saturated rings. The highest BCUT2D eigenvalue weighted by atomic mass is 16.5. The summed E-state index contributed by atoms with van der Waals surface area (Å²) in [6.45, 7) is 5.46. The molecule has 0 spiro atoms. The lowest BCUT2D eigenvalue weighted by molar-refractivity contribution is -0.134. The van der Waals surface area contributed by atoms with Gasteiger partial charge in [-0.2, -0.15) is 0 Å². The van der Waals surface area contributed by atoms with Crippen LogP contribution in [0, 0.1) is 0 Å². The van der Waals surface area contributed by atoms with Gasteiger partial charge in [0, 0.05) is 45.0 Å². The average molecular weight is 393 g/mol. The number of ether oxygens (including phenoxy) is 3. The number of hydrogen-bond acceptors (Lipinski definition) is 6. The van der Waals surface area contributed by atoms with Gasteiger partial charge >= 0.3 is 0 Å². The molecule has 1 saturated heterocycles. The monoisotopic (exact) mass is 393 g/mol. The third-order valence-corrected chi connectivity index (χ3v) is 4.67. The quantitative estimate of drug-likeness (QED) is 0.544. The Kier molecular flexibility index (Phi) is 9.03. The van der Waals surface area contributed by atoms with Crippen LogP contribution in [0.25, 0.3) is 0 Å². The standard InChI is InChI=1S/C20H31N3O5/c1-4-28-12-6-9-21-18(24)13-16-20(25)22-10-11-23(16)14-15-7-5-8-17(26-2)19(15)27-3/h5,7-8,16H,4,6,9-14H2,1-3H3,(H,21,24)(H,22,25)/t16-/m0/s1. The highest BCUT2D eigenvalue weighted by molar-refractivity contribution is 5.88. The molecule has 2 amide bonds. The molecule has 1 aliphatic rings. The van der Waals surface area contributed by atoms with Gasteiger partial charge < -0.3 is 24.8 Å². The number of para-hydroxylation sites is 1. The molecule has 2 rings (SSSR count). The van der Waals surface area contributed by atoms with Crippen LogP contribution in [0.2, 0.25) is 0 Å². The number of hydrogen-bond donors (Lipinski definition) is 2. The Balaban J connectivity index is 2.00. The fourth-order valence-electron chi connectivity index (χ4n) is 3.26. The first-order valence-corrected chi connectivity index (χ1v) is 9.66. The molecule has 8 heteroatoms. The average Bonchev–Trinajstić information content (AvgIpc) is 2.70. The van der Waals surface area contributed by atoms with Crippen LogP contribution in [-0.2, 0) is 20.9 Å². The number of rotatable bonds is 11. The zero-order chi connectivity index (χ0) is 20.4. The summed E-state index contributed by atoms with van der Waals surface area (Å²) in [7, 11) is 3.19. The summed E-state index contributed by atoms with van der Waals surface area (Å²) in [4.78, 5) is 26.7. The van der Waals surface area contributed by atoms with Gasteiger partial charge in [0.1, 0.15) is 0 Å². The van der Waals surface area contributed by atoms with Gasteiger partial charge in [0.2, 0.25) is 11.8 Å². The van der Waals surface area contributed by atoms with Gasteiger partial charge in [0.25, 0.3) is 0 Å². The summed E-state index contributed by atoms with van der Waals surface area (Å²) in [5.74, 6) is 1.03. The van der Waals surface area contributed by atoms with Crippen molar-refractivity contribution in [1.29, 1.82) is 0 Å². The normalized spacial score (nSPS) is 17.1. The summed E-state index contributed by atoms with van der Waals surface area (Å²) >= 11 is 0. The third kappa shape index (κ3) is 6.10. The number of nitrogens with one attached hydrogen (secondary N) is 2. The van der Waals surface area contributed by atoms with E-state index in [1.54, 1.807) is 14.2 Å². The van der Waals surface area contributed by atoms with Gasteiger partial charge in [0.05, 0.1) is 26.7 Å². The van der Waals surface area contributed by atoms with E-state index in [9.17, 15) is 9.59 Å². The van der Waals surface area contributed by atoms with Crippen LogP contribution in [0.15, 0.2) is 18.2 Å². The lowest BCUT2D eigenvalue weighted by atomic mass is 10.1. The maximum Gasteiger partial charge on any atom is 0.237 e. The van der Waals surface area contributed by atoms with E-state index in [0.717, 1.165) is 12.0 Å². The fraction of sp³-hybridized carbons (Fsp3) is 0.600. The molecule has 0 radical (unpaired) electrons. The van der Waals surface area contributed by atoms with Gasteiger partial charge in [-0.15, -0.1) is 0 Å². The summed E-state index contributed by atoms with van der Waals surface area (Å²) in [6.07, 6.45) is 0.869. The van der Waals surface area contributed by atoms with Crippen molar-refractivity contribution in [3.8, 4) is 11.5 Å². The van der Waals surface area contributed by atoms with Crippen molar-refractivity contribution < 1.29 is 23.8 Å². The molecule has 1 aliphatic heterocycles. The number of methoxy groups -OCH3 is 2. The van der Waals surface area contributed by atoms with Crippen molar-refractivity contribution in [2.75, 3.05) is 47.1 Å². The second-order valence-electron chi connectivity index (χ2n) is 6.53. The topological polar surface area (TPSA) is 89.1 Å². The van der Waals surface area contributed by atoms with Crippen molar-refractivity contribution in [3.63, 3.8) is 0 Å². The Bertz CT molecular complexity index is 653. The van der Waals surface area contributed by atoms with Gasteiger partial charge in [0.15, 0.2) is 11.5 Å². The molecule has 2 N–H and O–H groups in total. The number of carbonyl (C=O) groups is 2. The fourth-order valence-corrected chi connectivity index (χ4v) is 3.26. The first kappa shape index (κ1) is 22.0. The predicted octanol–water partition coefficient (Wildman–Crippen LogP) is 0.937. The molecular weight excluding hydrogens is 362 g/mol. The smallest absolute Gasteiger partial charge is 0.237 e. The van der Waals surface area contributed by atoms with Crippen LogP contribution >= 0.6 is 0 Å². The van der Waals surface area contributed by atoms with Crippen molar-refractivity contribution >= 4 is 11.8 Å². The van der Waals surface area contributed by atoms with Crippen LogP contribution in [0.1, 0.15) is 25.3 Å². The molecule has 1 aromatic carbocycles. The van der Waals surface area contributed by atoms with Crippen LogP contribution < -0.4 is 20.1 Å². The maximum absolute atomic E-state index is 12.4. The lowest BCUT2D eigenvalue weighted by Crippen LogP contribution is -2.56. The minimum atomic E-state index is -0.517. The van der Waals surface area contributed by atoms with Crippen molar-refractivity contribution in [3.05, 3.63) is 23.8 Å². The number of carbonyl (C=O) groups excluding carboxylic acids is 2. The van der Waals surface area contributed by atoms with Crippen LogP contribution in [0.3, 0.4) is 0 Å². The SMILES string of the molecule is CCOCCCNC(=O)C[C@H]1C(=O)NCCN1Cc1cccc(OC)c1OC. The molecule has 1 aromatic rings. The number of piperazine rings is 1. The van der Waals surface area contributed by atoms with Gasteiger partial charge in [-0.3, -0.25) is 14.5 Å². The van der Waals surface area contributed by atoms with E-state index in [1.807, 2.05) is 30.0 Å². The zero-order valence-corrected chi connectivity index (χ0v) is 17.0. The van der Waals surface area contributed by atoms with Crippen molar-refractivity contribution in [2.45, 2.75) is 32.4 Å². The molecule has 1 heterocycles. The molecule has 156 valence electrons. The summed E-state index contributed by atoms with van der Waals surface area (Å²) in [5, 5.41) is 5.72. The van der Waals surface area contributed by atoms with E-state index in [4.69, 9.17) is 14.2 Å². The van der Waals surface area contributed by atoms with E-state index in [1.165, 1.54) is 0 Å². The van der Waals surface area contributed by atoms with E-state index in [2.05, 4.69) is 10.6 Å². The van der Waals surface area contributed by atoms with Crippen molar-refractivity contribution in [2.24, 2.45) is 0 Å². The van der Waals surface area contributed by atoms with Crippen LogP contribution in [-0.4, -0.2) is 69.8 Å². The molecule has 1 atom stereocenters. The molecule has 0 aliphatic carbocycles. The Morgan fingerprint density at radius 1 is 1.32 bits per heavy atom. The van der Waals surface area contributed by atoms with E-state index in [0.29, 0.717) is 50.9 Å². The first-order chi connectivity index (χ1) is 13.6. The maximum atomic E-state index is 12.4. The number of nitrogens with zero attached hydrogens (tertiary/aromatic N) is 1. The second-order valence-corrected chi connectivity index (χ2v) is 6.53. The highest BCUT2D eigenvalue weighted by Gasteiger charge is 2.32. The number of benzene rings is 1. The van der Waals surface area contributed by atoms with Crippen LogP contribution in [0.4, 0.5) is 0 Å². The van der Waals surface area contributed by atoms with E-state index >= 15 is 0 Å². The zero-order valence-electron chi connectivity index (χ0n) is 17.0. The molecule has 8 nitrogen and oxygen atoms in total. The van der Waals surface area contributed by atoms with E-state index < -0.39 is 6.04 Å². The number of amides is 2. The Labute approximate surface area is 166 Å².